The van der Waals surface area contributed by atoms with E-state index in [-0.39, 0.29) is 17.7 Å². The Morgan fingerprint density at radius 3 is 2.94 bits per heavy atom. The molecular formula is C30H32N2O4. The zero-order chi connectivity index (χ0) is 25.2. The summed E-state index contributed by atoms with van der Waals surface area (Å²) in [7, 11) is 1.78. The summed E-state index contributed by atoms with van der Waals surface area (Å²) in [5.74, 6) is 0.392. The lowest BCUT2D eigenvalue weighted by Crippen LogP contribution is -2.76. The molecule has 1 amide bonds. The first-order valence-electron chi connectivity index (χ1n) is 12.6. The van der Waals surface area contributed by atoms with Gasteiger partial charge in [0.2, 0.25) is 5.91 Å². The minimum absolute atomic E-state index is 0.0823. The summed E-state index contributed by atoms with van der Waals surface area (Å²) in [6.45, 7) is 7.40. The number of amides is 1. The Balaban J connectivity index is 1.41. The number of ether oxygens (including phenoxy) is 1. The molecule has 0 saturated carbocycles. The number of piperidine rings is 1. The van der Waals surface area contributed by atoms with E-state index in [4.69, 9.17) is 4.74 Å². The molecule has 4 aliphatic rings. The second kappa shape index (κ2) is 8.08. The van der Waals surface area contributed by atoms with E-state index in [2.05, 4.69) is 11.5 Å². The van der Waals surface area contributed by atoms with Crippen LogP contribution in [0.25, 0.3) is 6.08 Å². The van der Waals surface area contributed by atoms with Crippen molar-refractivity contribution in [2.24, 2.45) is 0 Å². The van der Waals surface area contributed by atoms with Gasteiger partial charge in [-0.1, -0.05) is 54.1 Å². The number of hydrogen-bond acceptors (Lipinski definition) is 5. The van der Waals surface area contributed by atoms with E-state index in [1.165, 1.54) is 0 Å². The summed E-state index contributed by atoms with van der Waals surface area (Å²) in [4.78, 5) is 17.3. The van der Waals surface area contributed by atoms with Crippen molar-refractivity contribution < 1.29 is 19.7 Å². The maximum atomic E-state index is 13.3. The minimum atomic E-state index is -1.18. The number of likely N-dealkylation sites (tertiary alicyclic amines) is 1. The fourth-order valence-electron chi connectivity index (χ4n) is 7.09. The zero-order valence-corrected chi connectivity index (χ0v) is 20.7. The quantitative estimate of drug-likeness (QED) is 0.503. The Morgan fingerprint density at radius 1 is 1.33 bits per heavy atom. The summed E-state index contributed by atoms with van der Waals surface area (Å²) in [6.07, 6.45) is 9.91. The molecule has 2 bridgehead atoms. The van der Waals surface area contributed by atoms with Gasteiger partial charge in [-0.2, -0.15) is 0 Å². The van der Waals surface area contributed by atoms with E-state index < -0.39 is 23.2 Å². The van der Waals surface area contributed by atoms with Crippen molar-refractivity contribution in [1.29, 1.82) is 0 Å². The third kappa shape index (κ3) is 3.01. The molecule has 0 aromatic heterocycles. The zero-order valence-electron chi connectivity index (χ0n) is 20.7. The molecule has 0 unspecified atom stereocenters. The first kappa shape index (κ1) is 23.1. The molecule has 2 aromatic carbocycles. The number of phenols is 1. The molecule has 6 heteroatoms. The van der Waals surface area contributed by atoms with Gasteiger partial charge in [-0.15, -0.1) is 6.58 Å². The van der Waals surface area contributed by atoms with Crippen LogP contribution in [0, 0.1) is 6.92 Å². The summed E-state index contributed by atoms with van der Waals surface area (Å²) in [5, 5.41) is 23.1. The fourth-order valence-corrected chi connectivity index (χ4v) is 7.09. The Morgan fingerprint density at radius 2 is 2.17 bits per heavy atom. The number of benzene rings is 2. The van der Waals surface area contributed by atoms with Crippen molar-refractivity contribution in [3.05, 3.63) is 89.5 Å². The number of aromatic hydroxyl groups is 1. The molecular weight excluding hydrogens is 452 g/mol. The van der Waals surface area contributed by atoms with Gasteiger partial charge in [-0.05, 0) is 43.0 Å². The van der Waals surface area contributed by atoms with Crippen LogP contribution in [0.5, 0.6) is 11.5 Å². The van der Waals surface area contributed by atoms with Gasteiger partial charge < -0.3 is 19.8 Å². The number of aryl methyl sites for hydroxylation is 1. The van der Waals surface area contributed by atoms with Gasteiger partial charge in [-0.3, -0.25) is 9.69 Å². The molecule has 186 valence electrons. The van der Waals surface area contributed by atoms with Crippen LogP contribution in [0.1, 0.15) is 28.7 Å². The van der Waals surface area contributed by atoms with E-state index >= 15 is 0 Å². The van der Waals surface area contributed by atoms with Gasteiger partial charge in [0.25, 0.3) is 0 Å². The Hall–Kier alpha value is -3.35. The molecule has 2 aliphatic heterocycles. The lowest BCUT2D eigenvalue weighted by atomic mass is 9.50. The molecule has 2 aliphatic carbocycles. The van der Waals surface area contributed by atoms with E-state index in [0.29, 0.717) is 25.1 Å². The number of carbonyl (C=O) groups excluding carboxylic acids is 1. The van der Waals surface area contributed by atoms with Crippen LogP contribution in [-0.4, -0.2) is 69.8 Å². The lowest BCUT2D eigenvalue weighted by Gasteiger charge is -2.62. The minimum Gasteiger partial charge on any atom is -0.504 e. The first-order chi connectivity index (χ1) is 17.3. The van der Waals surface area contributed by atoms with E-state index in [1.807, 2.05) is 61.6 Å². The average molecular weight is 485 g/mol. The molecule has 1 fully saturated rings. The van der Waals surface area contributed by atoms with Crippen LogP contribution < -0.4 is 4.74 Å². The molecule has 5 atom stereocenters. The van der Waals surface area contributed by atoms with Gasteiger partial charge in [0.15, 0.2) is 11.5 Å². The predicted molar refractivity (Wildman–Crippen MR) is 139 cm³/mol. The van der Waals surface area contributed by atoms with Crippen LogP contribution >= 0.6 is 0 Å². The van der Waals surface area contributed by atoms with Crippen LogP contribution in [0.2, 0.25) is 0 Å². The highest BCUT2D eigenvalue weighted by molar-refractivity contribution is 5.92. The Labute approximate surface area is 211 Å². The lowest BCUT2D eigenvalue weighted by molar-refractivity contribution is -0.152. The van der Waals surface area contributed by atoms with E-state index in [9.17, 15) is 15.0 Å². The fraction of sp³-hybridized carbons (Fsp3) is 0.367. The average Bonchev–Trinajstić information content (AvgIpc) is 3.21. The number of hydrogen-bond donors (Lipinski definition) is 2. The number of aliphatic hydroxyl groups is 1. The third-order valence-corrected chi connectivity index (χ3v) is 8.75. The molecule has 0 radical (unpaired) electrons. The Kier molecular flexibility index (Phi) is 5.18. The smallest absolute Gasteiger partial charge is 0.246 e. The van der Waals surface area contributed by atoms with Crippen LogP contribution in [-0.2, 0) is 16.6 Å². The maximum absolute atomic E-state index is 13.3. The monoisotopic (exact) mass is 484 g/mol. The molecule has 1 saturated heterocycles. The standard InChI is InChI=1S/C30H32N2O4/c1-4-15-32-16-14-29-26-21-9-10-23(33)27(26)36-28(29)22(12-13-30(29,35)24(32)18-21)31(3)25(34)11-8-20-7-5-6-19(2)17-20/h4-13,17,22,24,28,33,35H,1,14-16,18H2,2-3H3/t22-,24-,28+,29+,30-/m1/s1. The van der Waals surface area contributed by atoms with Gasteiger partial charge >= 0.3 is 0 Å². The van der Waals surface area contributed by atoms with Crippen molar-refractivity contribution in [3.8, 4) is 11.5 Å². The second-order valence-corrected chi connectivity index (χ2v) is 10.6. The van der Waals surface area contributed by atoms with Gasteiger partial charge in [0.1, 0.15) is 11.7 Å². The van der Waals surface area contributed by atoms with Crippen molar-refractivity contribution in [1.82, 2.24) is 9.80 Å². The number of rotatable bonds is 5. The molecule has 6 rings (SSSR count). The highest BCUT2D eigenvalue weighted by Gasteiger charge is 2.72. The topological polar surface area (TPSA) is 73.2 Å². The van der Waals surface area contributed by atoms with Crippen molar-refractivity contribution in [2.75, 3.05) is 20.1 Å². The SMILES string of the molecule is C=CCN1CC[C@]23c4c5ccc(O)c4O[C@H]2[C@H](N(C)C(=O)C=Cc2cccc(C)c2)C=C[C@@]3(O)[C@H]1C5. The molecule has 2 aromatic rings. The van der Waals surface area contributed by atoms with Crippen molar-refractivity contribution in [3.63, 3.8) is 0 Å². The normalized spacial score (nSPS) is 31.7. The molecule has 1 spiro atoms. The number of carbonyl (C=O) groups is 1. The predicted octanol–water partition coefficient (Wildman–Crippen LogP) is 3.36. The molecule has 36 heavy (non-hydrogen) atoms. The van der Waals surface area contributed by atoms with Crippen LogP contribution in [0.15, 0.2) is 67.3 Å². The molecule has 2 heterocycles. The summed E-state index contributed by atoms with van der Waals surface area (Å²) < 4.78 is 6.51. The van der Waals surface area contributed by atoms with Crippen LogP contribution in [0.3, 0.4) is 0 Å². The summed E-state index contributed by atoms with van der Waals surface area (Å²) in [5.41, 5.74) is 2.18. The highest BCUT2D eigenvalue weighted by atomic mass is 16.5. The molecule has 6 nitrogen and oxygen atoms in total. The second-order valence-electron chi connectivity index (χ2n) is 10.6. The molecule has 2 N–H and O–H groups in total. The van der Waals surface area contributed by atoms with Gasteiger partial charge in [-0.25, -0.2) is 0 Å². The van der Waals surface area contributed by atoms with Gasteiger partial charge in [0.05, 0.1) is 11.5 Å². The largest absolute Gasteiger partial charge is 0.504 e. The first-order valence-corrected chi connectivity index (χ1v) is 12.6. The summed E-state index contributed by atoms with van der Waals surface area (Å²) >= 11 is 0. The van der Waals surface area contributed by atoms with E-state index in [0.717, 1.165) is 28.8 Å². The van der Waals surface area contributed by atoms with Crippen LogP contribution in [0.4, 0.5) is 0 Å². The van der Waals surface area contributed by atoms with Crippen molar-refractivity contribution in [2.45, 2.75) is 49.0 Å². The third-order valence-electron chi connectivity index (χ3n) is 8.75. The Bertz CT molecular complexity index is 1320. The number of likely N-dealkylation sites (N-methyl/N-ethyl adjacent to an activating group) is 1. The van der Waals surface area contributed by atoms with Crippen molar-refractivity contribution >= 4 is 12.0 Å². The number of phenolic OH excluding ortho intramolecular Hbond substituents is 1. The number of nitrogens with zero attached hydrogens (tertiary/aromatic N) is 2. The summed E-state index contributed by atoms with van der Waals surface area (Å²) in [6, 6.07) is 11.1. The maximum Gasteiger partial charge on any atom is 0.246 e. The van der Waals surface area contributed by atoms with E-state index in [1.54, 1.807) is 24.1 Å². The van der Waals surface area contributed by atoms with Gasteiger partial charge in [0, 0.05) is 37.8 Å². The highest BCUT2D eigenvalue weighted by Crippen LogP contribution is 2.64.